The van der Waals surface area contributed by atoms with Crippen LogP contribution in [-0.4, -0.2) is 11.5 Å². The van der Waals surface area contributed by atoms with Crippen LogP contribution in [0, 0.1) is 0 Å². The van der Waals surface area contributed by atoms with Gasteiger partial charge in [0.1, 0.15) is 12.4 Å². The van der Waals surface area contributed by atoms with Gasteiger partial charge in [0.25, 0.3) is 0 Å². The molecule has 2 heterocycles. The highest BCUT2D eigenvalue weighted by Gasteiger charge is 2.25. The van der Waals surface area contributed by atoms with Gasteiger partial charge in [-0.3, -0.25) is 0 Å². The van der Waals surface area contributed by atoms with E-state index in [1.807, 2.05) is 36.4 Å². The van der Waals surface area contributed by atoms with E-state index in [2.05, 4.69) is 46.7 Å². The third-order valence-corrected chi connectivity index (χ3v) is 5.44. The standard InChI is InChI=1S/C24H23N3O/c25-18-8-6-17(7-9-18)23-24-20(12-13-26-23)21-14-19(10-11-22(21)27-24)28-15-16-4-2-1-3-5-16/h1-11,14,23,26-27H,12-13,15,25H2. The van der Waals surface area contributed by atoms with E-state index in [-0.39, 0.29) is 6.04 Å². The third-order valence-electron chi connectivity index (χ3n) is 5.44. The highest BCUT2D eigenvalue weighted by Crippen LogP contribution is 2.35. The van der Waals surface area contributed by atoms with Gasteiger partial charge in [-0.05, 0) is 53.4 Å². The molecule has 0 radical (unpaired) electrons. The van der Waals surface area contributed by atoms with E-state index in [0.717, 1.165) is 29.9 Å². The van der Waals surface area contributed by atoms with Crippen LogP contribution < -0.4 is 15.8 Å². The summed E-state index contributed by atoms with van der Waals surface area (Å²) in [5.74, 6) is 0.903. The van der Waals surface area contributed by atoms with E-state index in [1.54, 1.807) is 0 Å². The Balaban J connectivity index is 1.47. The summed E-state index contributed by atoms with van der Waals surface area (Å²) >= 11 is 0. The molecule has 4 nitrogen and oxygen atoms in total. The lowest BCUT2D eigenvalue weighted by Crippen LogP contribution is -2.30. The largest absolute Gasteiger partial charge is 0.489 e. The Kier molecular flexibility index (Phi) is 4.26. The van der Waals surface area contributed by atoms with Gasteiger partial charge in [-0.15, -0.1) is 0 Å². The Morgan fingerprint density at radius 3 is 2.61 bits per heavy atom. The molecule has 5 rings (SSSR count). The molecule has 3 aromatic carbocycles. The van der Waals surface area contributed by atoms with Crippen LogP contribution in [0.3, 0.4) is 0 Å². The van der Waals surface area contributed by atoms with Crippen molar-refractivity contribution >= 4 is 16.6 Å². The second kappa shape index (κ2) is 7.06. The first-order valence-electron chi connectivity index (χ1n) is 9.68. The number of ether oxygens (including phenoxy) is 1. The van der Waals surface area contributed by atoms with E-state index in [0.29, 0.717) is 6.61 Å². The van der Waals surface area contributed by atoms with Gasteiger partial charge in [0.05, 0.1) is 6.04 Å². The van der Waals surface area contributed by atoms with Gasteiger partial charge in [0.15, 0.2) is 0 Å². The Hall–Kier alpha value is -3.24. The summed E-state index contributed by atoms with van der Waals surface area (Å²) in [5, 5.41) is 4.88. The second-order valence-corrected chi connectivity index (χ2v) is 7.30. The summed E-state index contributed by atoms with van der Waals surface area (Å²) in [5.41, 5.74) is 12.8. The minimum atomic E-state index is 0.158. The third kappa shape index (κ3) is 3.12. The molecule has 0 fully saturated rings. The molecule has 1 aromatic heterocycles. The van der Waals surface area contributed by atoms with E-state index in [1.165, 1.54) is 27.8 Å². The van der Waals surface area contributed by atoms with E-state index < -0.39 is 0 Å². The minimum absolute atomic E-state index is 0.158. The first-order valence-corrected chi connectivity index (χ1v) is 9.68. The smallest absolute Gasteiger partial charge is 0.120 e. The maximum absolute atomic E-state index is 6.04. The maximum Gasteiger partial charge on any atom is 0.120 e. The number of benzene rings is 3. The summed E-state index contributed by atoms with van der Waals surface area (Å²) in [4.78, 5) is 3.63. The summed E-state index contributed by atoms with van der Waals surface area (Å²) in [6.07, 6.45) is 1.00. The normalized spacial score (nSPS) is 16.1. The minimum Gasteiger partial charge on any atom is -0.489 e. The van der Waals surface area contributed by atoms with Crippen molar-refractivity contribution in [1.29, 1.82) is 0 Å². The van der Waals surface area contributed by atoms with Crippen LogP contribution >= 0.6 is 0 Å². The van der Waals surface area contributed by atoms with Gasteiger partial charge in [0.2, 0.25) is 0 Å². The molecule has 1 unspecified atom stereocenters. The molecule has 4 N–H and O–H groups in total. The fourth-order valence-electron chi connectivity index (χ4n) is 4.01. The number of aromatic amines is 1. The summed E-state index contributed by atoms with van der Waals surface area (Å²) < 4.78 is 6.04. The van der Waals surface area contributed by atoms with Crippen molar-refractivity contribution in [3.05, 3.63) is 95.2 Å². The number of nitrogen functional groups attached to an aromatic ring is 1. The maximum atomic E-state index is 6.04. The number of anilines is 1. The van der Waals surface area contributed by atoms with Gasteiger partial charge in [-0.1, -0.05) is 42.5 Å². The number of nitrogens with one attached hydrogen (secondary N) is 2. The zero-order valence-electron chi connectivity index (χ0n) is 15.6. The number of rotatable bonds is 4. The molecule has 0 saturated carbocycles. The number of hydrogen-bond donors (Lipinski definition) is 3. The Bertz CT molecular complexity index is 1100. The molecule has 0 saturated heterocycles. The molecule has 1 atom stereocenters. The molecule has 1 aliphatic heterocycles. The van der Waals surface area contributed by atoms with Gasteiger partial charge in [-0.2, -0.15) is 0 Å². The number of nitrogens with two attached hydrogens (primary N) is 1. The van der Waals surface area contributed by atoms with Crippen LogP contribution in [0.1, 0.15) is 28.4 Å². The van der Waals surface area contributed by atoms with Crippen LogP contribution in [0.25, 0.3) is 10.9 Å². The zero-order valence-corrected chi connectivity index (χ0v) is 15.6. The zero-order chi connectivity index (χ0) is 18.9. The van der Waals surface area contributed by atoms with Crippen LogP contribution in [0.5, 0.6) is 5.75 Å². The van der Waals surface area contributed by atoms with Crippen LogP contribution in [0.15, 0.2) is 72.8 Å². The van der Waals surface area contributed by atoms with E-state index >= 15 is 0 Å². The monoisotopic (exact) mass is 369 g/mol. The molecular formula is C24H23N3O. The van der Waals surface area contributed by atoms with Crippen molar-refractivity contribution in [3.63, 3.8) is 0 Å². The molecule has 0 amide bonds. The average Bonchev–Trinajstić information content (AvgIpc) is 3.12. The van der Waals surface area contributed by atoms with Crippen molar-refractivity contribution in [1.82, 2.24) is 10.3 Å². The number of H-pyrrole nitrogens is 1. The lowest BCUT2D eigenvalue weighted by atomic mass is 9.94. The molecule has 1 aliphatic rings. The summed E-state index contributed by atoms with van der Waals surface area (Å²) in [6, 6.07) is 24.9. The van der Waals surface area contributed by atoms with Crippen molar-refractivity contribution in [2.45, 2.75) is 19.1 Å². The molecular weight excluding hydrogens is 346 g/mol. The topological polar surface area (TPSA) is 63.1 Å². The van der Waals surface area contributed by atoms with Crippen LogP contribution in [0.2, 0.25) is 0 Å². The molecule has 4 heteroatoms. The van der Waals surface area contributed by atoms with Gasteiger partial charge < -0.3 is 20.8 Å². The fourth-order valence-corrected chi connectivity index (χ4v) is 4.01. The SMILES string of the molecule is Nc1ccc(C2NCCc3c2[nH]c2ccc(OCc4ccccc4)cc32)cc1. The fraction of sp³-hybridized carbons (Fsp3) is 0.167. The lowest BCUT2D eigenvalue weighted by molar-refractivity contribution is 0.306. The first-order chi connectivity index (χ1) is 13.8. The molecule has 0 bridgehead atoms. The van der Waals surface area contributed by atoms with Gasteiger partial charge >= 0.3 is 0 Å². The van der Waals surface area contributed by atoms with Crippen LogP contribution in [-0.2, 0) is 13.0 Å². The number of fused-ring (bicyclic) bond motifs is 3. The highest BCUT2D eigenvalue weighted by atomic mass is 16.5. The van der Waals surface area contributed by atoms with Gasteiger partial charge in [-0.25, -0.2) is 0 Å². The van der Waals surface area contributed by atoms with Gasteiger partial charge in [0, 0.05) is 28.8 Å². The Morgan fingerprint density at radius 2 is 1.79 bits per heavy atom. The van der Waals surface area contributed by atoms with E-state index in [4.69, 9.17) is 10.5 Å². The first kappa shape index (κ1) is 16.9. The molecule has 28 heavy (non-hydrogen) atoms. The molecule has 0 aliphatic carbocycles. The quantitative estimate of drug-likeness (QED) is 0.462. The number of hydrogen-bond acceptors (Lipinski definition) is 3. The van der Waals surface area contributed by atoms with Crippen LogP contribution in [0.4, 0.5) is 5.69 Å². The Morgan fingerprint density at radius 1 is 0.964 bits per heavy atom. The molecule has 140 valence electrons. The summed E-state index contributed by atoms with van der Waals surface area (Å²) in [6.45, 7) is 1.53. The Labute approximate surface area is 164 Å². The van der Waals surface area contributed by atoms with Crippen molar-refractivity contribution in [3.8, 4) is 5.75 Å². The predicted molar refractivity (Wildman–Crippen MR) is 113 cm³/mol. The molecule has 0 spiro atoms. The summed E-state index contributed by atoms with van der Waals surface area (Å²) in [7, 11) is 0. The second-order valence-electron chi connectivity index (χ2n) is 7.30. The molecule has 4 aromatic rings. The van der Waals surface area contributed by atoms with Crippen molar-refractivity contribution in [2.24, 2.45) is 0 Å². The van der Waals surface area contributed by atoms with Crippen molar-refractivity contribution in [2.75, 3.05) is 12.3 Å². The number of aromatic nitrogens is 1. The van der Waals surface area contributed by atoms with E-state index in [9.17, 15) is 0 Å². The lowest BCUT2D eigenvalue weighted by Gasteiger charge is -2.25. The highest BCUT2D eigenvalue weighted by molar-refractivity contribution is 5.86. The predicted octanol–water partition coefficient (Wildman–Crippen LogP) is 4.56. The van der Waals surface area contributed by atoms with Crippen molar-refractivity contribution < 1.29 is 4.74 Å². The average molecular weight is 369 g/mol.